The number of nitrogens with one attached hydrogen (secondary N) is 1. The monoisotopic (exact) mass is 165 g/mol. The SMILES string of the molecule is C=C(CNC)Cn1ccnc1C. The van der Waals surface area contributed by atoms with Crippen LogP contribution in [0.3, 0.4) is 0 Å². The molecule has 1 heterocycles. The van der Waals surface area contributed by atoms with Crippen LogP contribution in [0.1, 0.15) is 5.82 Å². The van der Waals surface area contributed by atoms with Crippen LogP contribution in [0.25, 0.3) is 0 Å². The Labute approximate surface area is 73.1 Å². The standard InChI is InChI=1S/C9H15N3/c1-8(6-10-3)7-12-5-4-11-9(12)2/h4-5,10H,1,6-7H2,2-3H3. The molecule has 1 N–H and O–H groups in total. The highest BCUT2D eigenvalue weighted by molar-refractivity contribution is 5.00. The van der Waals surface area contributed by atoms with Crippen molar-refractivity contribution in [3.63, 3.8) is 0 Å². The minimum atomic E-state index is 0.854. The Kier molecular flexibility index (Phi) is 3.05. The average Bonchev–Trinajstić information content (AvgIpc) is 2.37. The topological polar surface area (TPSA) is 29.9 Å². The largest absolute Gasteiger partial charge is 0.331 e. The van der Waals surface area contributed by atoms with E-state index < -0.39 is 0 Å². The summed E-state index contributed by atoms with van der Waals surface area (Å²) in [4.78, 5) is 4.13. The third-order valence-electron chi connectivity index (χ3n) is 1.74. The summed E-state index contributed by atoms with van der Waals surface area (Å²) in [6.45, 7) is 7.65. The van der Waals surface area contributed by atoms with Gasteiger partial charge in [-0.3, -0.25) is 0 Å². The Morgan fingerprint density at radius 3 is 3.00 bits per heavy atom. The third kappa shape index (κ3) is 2.20. The molecule has 0 radical (unpaired) electrons. The molecule has 0 saturated heterocycles. The van der Waals surface area contributed by atoms with Gasteiger partial charge in [0.15, 0.2) is 0 Å². The first kappa shape index (κ1) is 9.00. The number of aryl methyl sites for hydroxylation is 1. The Morgan fingerprint density at radius 2 is 2.50 bits per heavy atom. The summed E-state index contributed by atoms with van der Waals surface area (Å²) < 4.78 is 2.08. The van der Waals surface area contributed by atoms with E-state index in [-0.39, 0.29) is 0 Å². The van der Waals surface area contributed by atoms with Crippen molar-refractivity contribution in [2.24, 2.45) is 0 Å². The highest BCUT2D eigenvalue weighted by atomic mass is 15.1. The summed E-state index contributed by atoms with van der Waals surface area (Å²) >= 11 is 0. The van der Waals surface area contributed by atoms with Gasteiger partial charge in [0.05, 0.1) is 0 Å². The van der Waals surface area contributed by atoms with E-state index in [1.54, 1.807) is 0 Å². The third-order valence-corrected chi connectivity index (χ3v) is 1.74. The Balaban J connectivity index is 2.52. The predicted molar refractivity (Wildman–Crippen MR) is 50.0 cm³/mol. The summed E-state index contributed by atoms with van der Waals surface area (Å²) in [5, 5.41) is 3.07. The smallest absolute Gasteiger partial charge is 0.105 e. The van der Waals surface area contributed by atoms with Crippen LogP contribution in [-0.4, -0.2) is 23.1 Å². The van der Waals surface area contributed by atoms with Gasteiger partial charge in [0.2, 0.25) is 0 Å². The second-order valence-corrected chi connectivity index (χ2v) is 2.88. The molecule has 0 saturated carbocycles. The molecule has 0 amide bonds. The van der Waals surface area contributed by atoms with Gasteiger partial charge < -0.3 is 9.88 Å². The van der Waals surface area contributed by atoms with Gasteiger partial charge in [-0.1, -0.05) is 6.58 Å². The molecule has 66 valence electrons. The minimum absolute atomic E-state index is 0.854. The molecule has 0 aliphatic carbocycles. The zero-order chi connectivity index (χ0) is 8.97. The lowest BCUT2D eigenvalue weighted by Gasteiger charge is -2.06. The van der Waals surface area contributed by atoms with Crippen LogP contribution >= 0.6 is 0 Å². The first-order valence-electron chi connectivity index (χ1n) is 4.03. The summed E-state index contributed by atoms with van der Waals surface area (Å²) in [5.74, 6) is 1.03. The summed E-state index contributed by atoms with van der Waals surface area (Å²) in [7, 11) is 1.92. The fourth-order valence-electron chi connectivity index (χ4n) is 1.12. The van der Waals surface area contributed by atoms with Crippen LogP contribution in [0.4, 0.5) is 0 Å². The molecule has 12 heavy (non-hydrogen) atoms. The van der Waals surface area contributed by atoms with E-state index in [2.05, 4.69) is 21.4 Å². The molecule has 0 unspecified atom stereocenters. The zero-order valence-electron chi connectivity index (χ0n) is 7.67. The quantitative estimate of drug-likeness (QED) is 0.674. The van der Waals surface area contributed by atoms with Crippen LogP contribution in [0, 0.1) is 6.92 Å². The molecule has 0 bridgehead atoms. The van der Waals surface area contributed by atoms with E-state index in [0.29, 0.717) is 0 Å². The highest BCUT2D eigenvalue weighted by Crippen LogP contribution is 1.99. The minimum Gasteiger partial charge on any atom is -0.331 e. The van der Waals surface area contributed by atoms with Gasteiger partial charge in [-0.05, 0) is 19.5 Å². The van der Waals surface area contributed by atoms with E-state index in [1.807, 2.05) is 26.4 Å². The van der Waals surface area contributed by atoms with Crippen molar-refractivity contribution in [2.45, 2.75) is 13.5 Å². The van der Waals surface area contributed by atoms with Gasteiger partial charge >= 0.3 is 0 Å². The fourth-order valence-corrected chi connectivity index (χ4v) is 1.12. The number of imidazole rings is 1. The number of hydrogen-bond acceptors (Lipinski definition) is 2. The number of likely N-dealkylation sites (N-methyl/N-ethyl adjacent to an activating group) is 1. The maximum atomic E-state index is 4.13. The van der Waals surface area contributed by atoms with E-state index >= 15 is 0 Å². The second-order valence-electron chi connectivity index (χ2n) is 2.88. The molecule has 0 spiro atoms. The molecule has 0 aliphatic rings. The lowest BCUT2D eigenvalue weighted by molar-refractivity contribution is 0.714. The number of nitrogens with zero attached hydrogens (tertiary/aromatic N) is 2. The molecule has 1 aromatic rings. The molecule has 0 aromatic carbocycles. The molecule has 3 nitrogen and oxygen atoms in total. The number of rotatable bonds is 4. The van der Waals surface area contributed by atoms with Crippen LogP contribution in [0.5, 0.6) is 0 Å². The lowest BCUT2D eigenvalue weighted by atomic mass is 10.3. The van der Waals surface area contributed by atoms with Gasteiger partial charge in [-0.15, -0.1) is 0 Å². The fraction of sp³-hybridized carbons (Fsp3) is 0.444. The summed E-state index contributed by atoms with van der Waals surface area (Å²) in [5.41, 5.74) is 1.17. The van der Waals surface area contributed by atoms with Gasteiger partial charge in [0.25, 0.3) is 0 Å². The Morgan fingerprint density at radius 1 is 1.75 bits per heavy atom. The summed E-state index contributed by atoms with van der Waals surface area (Å²) in [6.07, 6.45) is 3.78. The van der Waals surface area contributed by atoms with Crippen molar-refractivity contribution in [3.8, 4) is 0 Å². The molecule has 1 rings (SSSR count). The normalized spacial score (nSPS) is 10.2. The van der Waals surface area contributed by atoms with Gasteiger partial charge in [-0.25, -0.2) is 4.98 Å². The first-order valence-corrected chi connectivity index (χ1v) is 4.03. The zero-order valence-corrected chi connectivity index (χ0v) is 7.67. The van der Waals surface area contributed by atoms with Crippen molar-refractivity contribution in [1.82, 2.24) is 14.9 Å². The highest BCUT2D eigenvalue weighted by Gasteiger charge is 1.97. The average molecular weight is 165 g/mol. The summed E-state index contributed by atoms with van der Waals surface area (Å²) in [6, 6.07) is 0. The van der Waals surface area contributed by atoms with E-state index in [1.165, 1.54) is 5.57 Å². The molecule has 0 fully saturated rings. The number of aromatic nitrogens is 2. The van der Waals surface area contributed by atoms with Crippen molar-refractivity contribution in [3.05, 3.63) is 30.4 Å². The van der Waals surface area contributed by atoms with E-state index in [9.17, 15) is 0 Å². The van der Waals surface area contributed by atoms with Crippen LogP contribution < -0.4 is 5.32 Å². The van der Waals surface area contributed by atoms with Gasteiger partial charge in [-0.2, -0.15) is 0 Å². The molecule has 0 atom stereocenters. The van der Waals surface area contributed by atoms with Crippen molar-refractivity contribution >= 4 is 0 Å². The van der Waals surface area contributed by atoms with Crippen molar-refractivity contribution in [2.75, 3.05) is 13.6 Å². The molecule has 1 aromatic heterocycles. The number of hydrogen-bond donors (Lipinski definition) is 1. The molecule has 3 heteroatoms. The second kappa shape index (κ2) is 4.07. The van der Waals surface area contributed by atoms with Crippen LogP contribution in [0.2, 0.25) is 0 Å². The van der Waals surface area contributed by atoms with E-state index in [4.69, 9.17) is 0 Å². The van der Waals surface area contributed by atoms with Gasteiger partial charge in [0.1, 0.15) is 5.82 Å². The lowest BCUT2D eigenvalue weighted by Crippen LogP contribution is -2.14. The van der Waals surface area contributed by atoms with Crippen molar-refractivity contribution in [1.29, 1.82) is 0 Å². The predicted octanol–water partition coefficient (Wildman–Crippen LogP) is 0.967. The maximum Gasteiger partial charge on any atom is 0.105 e. The van der Waals surface area contributed by atoms with Crippen molar-refractivity contribution < 1.29 is 0 Å². The maximum absolute atomic E-state index is 4.13. The molecular weight excluding hydrogens is 150 g/mol. The Hall–Kier alpha value is -1.09. The first-order chi connectivity index (χ1) is 5.74. The van der Waals surface area contributed by atoms with Crippen LogP contribution in [0.15, 0.2) is 24.5 Å². The van der Waals surface area contributed by atoms with E-state index in [0.717, 1.165) is 18.9 Å². The molecular formula is C9H15N3. The van der Waals surface area contributed by atoms with Crippen LogP contribution in [-0.2, 0) is 6.54 Å². The van der Waals surface area contributed by atoms with Gasteiger partial charge in [0, 0.05) is 25.5 Å². The molecule has 0 aliphatic heterocycles. The Bertz CT molecular complexity index is 262.